The molecule has 8 nitrogen and oxygen atoms in total. The Morgan fingerprint density at radius 3 is 2.88 bits per heavy atom. The van der Waals surface area contributed by atoms with Crippen molar-refractivity contribution in [3.63, 3.8) is 0 Å². The van der Waals surface area contributed by atoms with Gasteiger partial charge in [-0.2, -0.15) is 0 Å². The van der Waals surface area contributed by atoms with Crippen molar-refractivity contribution in [2.75, 3.05) is 10.6 Å². The maximum atomic E-state index is 12.1. The average Bonchev–Trinajstić information content (AvgIpc) is 3.01. The van der Waals surface area contributed by atoms with E-state index in [9.17, 15) is 9.59 Å². The van der Waals surface area contributed by atoms with E-state index in [1.165, 1.54) is 28.9 Å². The molecule has 0 atom stereocenters. The van der Waals surface area contributed by atoms with Gasteiger partial charge in [-0.25, -0.2) is 4.98 Å². The van der Waals surface area contributed by atoms with Crippen molar-refractivity contribution >= 4 is 44.8 Å². The first-order valence-corrected chi connectivity index (χ1v) is 9.29. The topological polar surface area (TPSA) is 110 Å². The number of furan rings is 1. The summed E-state index contributed by atoms with van der Waals surface area (Å²) in [5.74, 6) is 0.128. The number of rotatable bonds is 6. The molecule has 3 aromatic heterocycles. The van der Waals surface area contributed by atoms with E-state index in [1.807, 2.05) is 0 Å². The molecule has 2 amide bonds. The number of anilines is 2. The van der Waals surface area contributed by atoms with E-state index in [0.717, 1.165) is 17.8 Å². The van der Waals surface area contributed by atoms with E-state index < -0.39 is 0 Å². The second-order valence-corrected chi connectivity index (χ2v) is 7.39. The minimum Gasteiger partial charge on any atom is -0.459 e. The zero-order chi connectivity index (χ0) is 17.2. The Balaban J connectivity index is 1.32. The smallest absolute Gasteiger partial charge is 0.293 e. The van der Waals surface area contributed by atoms with Gasteiger partial charge in [-0.3, -0.25) is 14.9 Å². The monoisotopic (exact) mass is 375 g/mol. The van der Waals surface area contributed by atoms with E-state index >= 15 is 0 Å². The van der Waals surface area contributed by atoms with E-state index in [4.69, 9.17) is 4.42 Å². The normalized spacial score (nSPS) is 13.6. The highest BCUT2D eigenvalue weighted by molar-refractivity contribution is 7.15. The van der Waals surface area contributed by atoms with Crippen LogP contribution in [0.3, 0.4) is 0 Å². The summed E-state index contributed by atoms with van der Waals surface area (Å²) in [6.07, 6.45) is 3.82. The Bertz CT molecular complexity index is 898. The van der Waals surface area contributed by atoms with Gasteiger partial charge < -0.3 is 9.73 Å². The first-order valence-electron chi connectivity index (χ1n) is 7.60. The van der Waals surface area contributed by atoms with Crippen molar-refractivity contribution in [3.8, 4) is 0 Å². The number of carbonyl (C=O) groups is 2. The van der Waals surface area contributed by atoms with Gasteiger partial charge in [0.25, 0.3) is 5.91 Å². The highest BCUT2D eigenvalue weighted by Gasteiger charge is 2.27. The fourth-order valence-corrected chi connectivity index (χ4v) is 3.75. The minimum atomic E-state index is -0.378. The van der Waals surface area contributed by atoms with Crippen molar-refractivity contribution in [2.45, 2.75) is 25.2 Å². The SMILES string of the molecule is O=C(Cc1csc(NC(=O)c2ccco2)n1)Nc1nnc(C2CC2)s1. The molecule has 0 unspecified atom stereocenters. The van der Waals surface area contributed by atoms with Crippen molar-refractivity contribution in [3.05, 3.63) is 40.2 Å². The summed E-state index contributed by atoms with van der Waals surface area (Å²) in [4.78, 5) is 28.2. The largest absolute Gasteiger partial charge is 0.459 e. The van der Waals surface area contributed by atoms with Crippen LogP contribution in [0.5, 0.6) is 0 Å². The van der Waals surface area contributed by atoms with Crippen molar-refractivity contribution in [1.29, 1.82) is 0 Å². The molecule has 2 N–H and O–H groups in total. The molecule has 1 fully saturated rings. The summed E-state index contributed by atoms with van der Waals surface area (Å²) in [7, 11) is 0. The molecule has 1 aliphatic carbocycles. The summed E-state index contributed by atoms with van der Waals surface area (Å²) in [5, 5.41) is 17.1. The summed E-state index contributed by atoms with van der Waals surface area (Å²) in [6, 6.07) is 3.20. The highest BCUT2D eigenvalue weighted by atomic mass is 32.1. The fraction of sp³-hybridized carbons (Fsp3) is 0.267. The molecule has 3 aromatic rings. The van der Waals surface area contributed by atoms with Crippen molar-refractivity contribution in [2.24, 2.45) is 0 Å². The van der Waals surface area contributed by atoms with Gasteiger partial charge in [0.2, 0.25) is 11.0 Å². The molecule has 128 valence electrons. The quantitative estimate of drug-likeness (QED) is 0.685. The first kappa shape index (κ1) is 15.9. The Morgan fingerprint density at radius 1 is 1.24 bits per heavy atom. The molecule has 0 spiro atoms. The number of hydrogen-bond donors (Lipinski definition) is 2. The van der Waals surface area contributed by atoms with Crippen LogP contribution in [0.15, 0.2) is 28.2 Å². The lowest BCUT2D eigenvalue weighted by atomic mass is 10.3. The van der Waals surface area contributed by atoms with Gasteiger partial charge in [0.05, 0.1) is 18.4 Å². The van der Waals surface area contributed by atoms with E-state index in [1.54, 1.807) is 17.5 Å². The van der Waals surface area contributed by atoms with Gasteiger partial charge in [-0.1, -0.05) is 11.3 Å². The van der Waals surface area contributed by atoms with Crippen LogP contribution in [0.4, 0.5) is 10.3 Å². The van der Waals surface area contributed by atoms with E-state index in [0.29, 0.717) is 21.9 Å². The lowest BCUT2D eigenvalue weighted by Crippen LogP contribution is -2.15. The summed E-state index contributed by atoms with van der Waals surface area (Å²) >= 11 is 2.66. The molecule has 1 aliphatic rings. The van der Waals surface area contributed by atoms with Crippen LogP contribution in [0, 0.1) is 0 Å². The van der Waals surface area contributed by atoms with Crippen molar-refractivity contribution in [1.82, 2.24) is 15.2 Å². The van der Waals surface area contributed by atoms with Crippen LogP contribution < -0.4 is 10.6 Å². The van der Waals surface area contributed by atoms with Crippen LogP contribution >= 0.6 is 22.7 Å². The van der Waals surface area contributed by atoms with Gasteiger partial charge in [0.1, 0.15) is 5.01 Å². The number of amides is 2. The Kier molecular flexibility index (Phi) is 4.28. The summed E-state index contributed by atoms with van der Waals surface area (Å²) in [5.41, 5.74) is 0.573. The van der Waals surface area contributed by atoms with Crippen LogP contribution in [0.2, 0.25) is 0 Å². The predicted octanol–water partition coefficient (Wildman–Crippen LogP) is 2.90. The molecule has 25 heavy (non-hydrogen) atoms. The summed E-state index contributed by atoms with van der Waals surface area (Å²) in [6.45, 7) is 0. The number of carbonyl (C=O) groups excluding carboxylic acids is 2. The number of aromatic nitrogens is 3. The maximum Gasteiger partial charge on any atom is 0.293 e. The van der Waals surface area contributed by atoms with E-state index in [-0.39, 0.29) is 24.0 Å². The molecule has 0 radical (unpaired) electrons. The van der Waals surface area contributed by atoms with Crippen LogP contribution in [0.25, 0.3) is 0 Å². The van der Waals surface area contributed by atoms with E-state index in [2.05, 4.69) is 25.8 Å². The lowest BCUT2D eigenvalue weighted by Gasteiger charge is -1.99. The molecule has 3 heterocycles. The minimum absolute atomic E-state index is 0.103. The third kappa shape index (κ3) is 3.91. The average molecular weight is 375 g/mol. The third-order valence-electron chi connectivity index (χ3n) is 3.47. The second kappa shape index (κ2) is 6.73. The number of hydrogen-bond acceptors (Lipinski definition) is 8. The molecule has 10 heteroatoms. The van der Waals surface area contributed by atoms with Gasteiger partial charge in [-0.15, -0.1) is 21.5 Å². The van der Waals surface area contributed by atoms with Gasteiger partial charge >= 0.3 is 0 Å². The van der Waals surface area contributed by atoms with Crippen LogP contribution in [-0.4, -0.2) is 27.0 Å². The number of nitrogens with one attached hydrogen (secondary N) is 2. The number of thiazole rings is 1. The predicted molar refractivity (Wildman–Crippen MR) is 93.0 cm³/mol. The molecule has 1 saturated carbocycles. The highest BCUT2D eigenvalue weighted by Crippen LogP contribution is 2.42. The van der Waals surface area contributed by atoms with Crippen molar-refractivity contribution < 1.29 is 14.0 Å². The molecule has 0 bridgehead atoms. The lowest BCUT2D eigenvalue weighted by molar-refractivity contribution is -0.115. The summed E-state index contributed by atoms with van der Waals surface area (Å²) < 4.78 is 5.02. The molecular weight excluding hydrogens is 362 g/mol. The zero-order valence-electron chi connectivity index (χ0n) is 12.9. The molecule has 0 aliphatic heterocycles. The Hall–Kier alpha value is -2.59. The maximum absolute atomic E-state index is 12.1. The second-order valence-electron chi connectivity index (χ2n) is 5.52. The van der Waals surface area contributed by atoms with Gasteiger partial charge in [-0.05, 0) is 25.0 Å². The Morgan fingerprint density at radius 2 is 2.12 bits per heavy atom. The third-order valence-corrected chi connectivity index (χ3v) is 5.28. The molecule has 4 rings (SSSR count). The first-order chi connectivity index (χ1) is 12.2. The number of nitrogens with zero attached hydrogens (tertiary/aromatic N) is 3. The molecule has 0 aromatic carbocycles. The molecular formula is C15H13N5O3S2. The standard InChI is InChI=1S/C15H13N5O3S2/c21-11(17-15-20-19-13(25-15)8-3-4-8)6-9-7-24-14(16-9)18-12(22)10-2-1-5-23-10/h1-2,5,7-8H,3-4,6H2,(H,16,18,22)(H,17,20,21). The van der Waals surface area contributed by atoms with Gasteiger partial charge in [0, 0.05) is 11.3 Å². The Labute approximate surface area is 150 Å². The van der Waals surface area contributed by atoms with Crippen LogP contribution in [0.1, 0.15) is 40.0 Å². The van der Waals surface area contributed by atoms with Gasteiger partial charge in [0.15, 0.2) is 10.9 Å². The fourth-order valence-electron chi connectivity index (χ4n) is 2.12. The van der Waals surface area contributed by atoms with Crippen LogP contribution in [-0.2, 0) is 11.2 Å². The zero-order valence-corrected chi connectivity index (χ0v) is 14.5. The molecule has 0 saturated heterocycles.